The number of anilines is 5. The number of fused-ring (bicyclic) bond motifs is 12. The summed E-state index contributed by atoms with van der Waals surface area (Å²) in [5.74, 6) is 0.886. The van der Waals surface area contributed by atoms with Gasteiger partial charge in [0.1, 0.15) is 16.7 Å². The topological polar surface area (TPSA) is 32.8 Å². The Morgan fingerprint density at radius 3 is 1.92 bits per heavy atom. The first-order valence-corrected chi connectivity index (χ1v) is 21.7. The van der Waals surface area contributed by atoms with Gasteiger partial charge in [-0.15, -0.1) is 0 Å². The average molecular weight is 781 g/mol. The predicted molar refractivity (Wildman–Crippen MR) is 253 cm³/mol. The number of aryl methyl sites for hydroxylation is 1. The summed E-state index contributed by atoms with van der Waals surface area (Å²) in [6.45, 7) is 18.7. The summed E-state index contributed by atoms with van der Waals surface area (Å²) < 4.78 is 13.9. The van der Waals surface area contributed by atoms with E-state index in [1.807, 2.05) is 0 Å². The van der Waals surface area contributed by atoms with Gasteiger partial charge >= 0.3 is 6.85 Å². The highest BCUT2D eigenvalue weighted by atomic mass is 16.4. The lowest BCUT2D eigenvalue weighted by Gasteiger charge is -2.46. The monoisotopic (exact) mass is 780 g/mol. The summed E-state index contributed by atoms with van der Waals surface area (Å²) in [6.07, 6.45) is 2.32. The molecule has 2 aromatic heterocycles. The molecule has 0 saturated carbocycles. The summed E-state index contributed by atoms with van der Waals surface area (Å²) in [6, 6.07) is 47.5. The van der Waals surface area contributed by atoms with E-state index in [1.54, 1.807) is 0 Å². The van der Waals surface area contributed by atoms with E-state index in [2.05, 4.69) is 192 Å². The van der Waals surface area contributed by atoms with E-state index < -0.39 is 0 Å². The third-order valence-corrected chi connectivity index (χ3v) is 14.4. The van der Waals surface area contributed by atoms with Gasteiger partial charge in [-0.1, -0.05) is 127 Å². The highest BCUT2D eigenvalue weighted by Crippen LogP contribution is 2.54. The van der Waals surface area contributed by atoms with Gasteiger partial charge in [0.15, 0.2) is 0 Å². The van der Waals surface area contributed by atoms with Crippen molar-refractivity contribution in [1.29, 1.82) is 0 Å². The van der Waals surface area contributed by atoms with Gasteiger partial charge in [-0.25, -0.2) is 0 Å². The summed E-state index contributed by atoms with van der Waals surface area (Å²) in [7, 11) is 0. The van der Waals surface area contributed by atoms with Gasteiger partial charge < -0.3 is 13.6 Å². The molecule has 0 unspecified atom stereocenters. The van der Waals surface area contributed by atoms with Crippen LogP contribution in [0.1, 0.15) is 83.6 Å². The zero-order valence-electron chi connectivity index (χ0n) is 35.8. The smallest absolute Gasteiger partial charge is 0.337 e. The Morgan fingerprint density at radius 2 is 1.20 bits per heavy atom. The third kappa shape index (κ3) is 4.86. The maximum atomic E-state index is 7.28. The lowest BCUT2D eigenvalue weighted by molar-refractivity contribution is 0.332. The van der Waals surface area contributed by atoms with Gasteiger partial charge in [0, 0.05) is 50.0 Å². The zero-order valence-corrected chi connectivity index (χ0v) is 35.8. The minimum Gasteiger partial charge on any atom is -0.456 e. The number of benzene rings is 7. The van der Waals surface area contributed by atoms with Gasteiger partial charge in [-0.05, 0) is 117 Å². The molecule has 4 nitrogen and oxygen atoms in total. The second-order valence-corrected chi connectivity index (χ2v) is 20.0. The molecule has 0 N–H and O–H groups in total. The first-order valence-electron chi connectivity index (χ1n) is 21.7. The predicted octanol–water partition coefficient (Wildman–Crippen LogP) is 14.1. The minimum absolute atomic E-state index is 0.0211. The molecule has 0 radical (unpaired) electrons. The van der Waals surface area contributed by atoms with E-state index >= 15 is 0 Å². The van der Waals surface area contributed by atoms with Crippen molar-refractivity contribution in [2.45, 2.75) is 84.5 Å². The third-order valence-electron chi connectivity index (χ3n) is 14.4. The van der Waals surface area contributed by atoms with E-state index in [4.69, 9.17) is 8.83 Å². The Kier molecular flexibility index (Phi) is 7.13. The number of hydrogen-bond acceptors (Lipinski definition) is 4. The zero-order chi connectivity index (χ0) is 41.0. The summed E-state index contributed by atoms with van der Waals surface area (Å²) >= 11 is 0. The standard InChI is InChI=1S/C55H49BN2O2/c1-32-27-42-43(55(7,8)26-25-54(42,5)6)30-44(32)57-51-36-16-10-9-15-33(36)28-41-39-29-40-37-17-11-13-19-46(37)59-48(40)31-45(39)58(35-23-21-34(22-24-35)53(2,3)4)56(49(41)51)50-38-18-12-14-20-47(38)60-52(50)57/h9-24,27-31H,25-26H2,1-8H3. The second-order valence-electron chi connectivity index (χ2n) is 20.0. The van der Waals surface area contributed by atoms with Crippen LogP contribution >= 0.6 is 0 Å². The largest absolute Gasteiger partial charge is 0.456 e. The summed E-state index contributed by atoms with van der Waals surface area (Å²) in [4.78, 5) is 5.09. The molecule has 294 valence electrons. The Bertz CT molecular complexity index is 3280. The highest BCUT2D eigenvalue weighted by Gasteiger charge is 2.49. The molecular weight excluding hydrogens is 731 g/mol. The first-order chi connectivity index (χ1) is 28.8. The van der Waals surface area contributed by atoms with E-state index in [-0.39, 0.29) is 23.1 Å². The number of nitrogens with zero attached hydrogens (tertiary/aromatic N) is 2. The molecular formula is C55H49BN2O2. The highest BCUT2D eigenvalue weighted by molar-refractivity contribution is 6.95. The van der Waals surface area contributed by atoms with Crippen LogP contribution in [0.4, 0.5) is 28.6 Å². The summed E-state index contributed by atoms with van der Waals surface area (Å²) in [5.41, 5.74) is 17.9. The maximum absolute atomic E-state index is 7.28. The molecule has 9 aromatic rings. The average Bonchev–Trinajstić information content (AvgIpc) is 3.80. The van der Waals surface area contributed by atoms with Crippen molar-refractivity contribution in [3.8, 4) is 11.1 Å². The van der Waals surface area contributed by atoms with Gasteiger partial charge in [-0.2, -0.15) is 0 Å². The summed E-state index contributed by atoms with van der Waals surface area (Å²) in [5, 5.41) is 5.82. The van der Waals surface area contributed by atoms with Crippen LogP contribution in [0.3, 0.4) is 0 Å². The van der Waals surface area contributed by atoms with Crippen LogP contribution in [-0.2, 0) is 16.2 Å². The fourth-order valence-electron chi connectivity index (χ4n) is 11.0. The van der Waals surface area contributed by atoms with Crippen molar-refractivity contribution in [2.24, 2.45) is 0 Å². The van der Waals surface area contributed by atoms with Crippen LogP contribution in [-0.4, -0.2) is 6.85 Å². The SMILES string of the molecule is Cc1cc2c(cc1N1c3oc4ccccc4c3B3c4c(cc5ccccc5c41)-c1cc4c(cc1N3c1ccc(C(C)(C)C)cc1)oc1ccccc14)C(C)(C)CCC2(C)C. The quantitative estimate of drug-likeness (QED) is 0.164. The lowest BCUT2D eigenvalue weighted by Crippen LogP contribution is -2.61. The van der Waals surface area contributed by atoms with Crippen LogP contribution < -0.4 is 20.6 Å². The van der Waals surface area contributed by atoms with Crippen molar-refractivity contribution >= 4 is 90.1 Å². The van der Waals surface area contributed by atoms with E-state index in [9.17, 15) is 0 Å². The van der Waals surface area contributed by atoms with Crippen LogP contribution in [0.15, 0.2) is 136 Å². The number of rotatable bonds is 2. The molecule has 2 aliphatic heterocycles. The Balaban J connectivity index is 1.25. The lowest BCUT2D eigenvalue weighted by atomic mass is 9.43. The van der Waals surface area contributed by atoms with Crippen molar-refractivity contribution in [1.82, 2.24) is 0 Å². The Hall–Kier alpha value is -6.20. The second kappa shape index (κ2) is 12.0. The molecule has 0 amide bonds. The van der Waals surface area contributed by atoms with Crippen molar-refractivity contribution in [3.05, 3.63) is 150 Å². The molecule has 1 aliphatic carbocycles. The molecule has 12 rings (SSSR count). The fourth-order valence-corrected chi connectivity index (χ4v) is 11.0. The molecule has 0 bridgehead atoms. The van der Waals surface area contributed by atoms with Crippen LogP contribution in [0.2, 0.25) is 0 Å². The number of hydrogen-bond donors (Lipinski definition) is 0. The first kappa shape index (κ1) is 35.7. The molecule has 60 heavy (non-hydrogen) atoms. The Morgan fingerprint density at radius 1 is 0.567 bits per heavy atom. The molecule has 3 aliphatic rings. The minimum atomic E-state index is -0.197. The van der Waals surface area contributed by atoms with E-state index in [0.717, 1.165) is 56.6 Å². The van der Waals surface area contributed by atoms with Crippen LogP contribution in [0.25, 0.3) is 54.8 Å². The van der Waals surface area contributed by atoms with Gasteiger partial charge in [-0.3, -0.25) is 4.90 Å². The van der Waals surface area contributed by atoms with Gasteiger partial charge in [0.25, 0.3) is 0 Å². The van der Waals surface area contributed by atoms with Crippen molar-refractivity contribution in [2.75, 3.05) is 9.71 Å². The van der Waals surface area contributed by atoms with Crippen LogP contribution in [0, 0.1) is 6.92 Å². The molecule has 5 heteroatoms. The van der Waals surface area contributed by atoms with Crippen molar-refractivity contribution in [3.63, 3.8) is 0 Å². The molecule has 7 aromatic carbocycles. The molecule has 0 atom stereocenters. The maximum Gasteiger partial charge on any atom is 0.337 e. The van der Waals surface area contributed by atoms with E-state index in [0.29, 0.717) is 0 Å². The number of furan rings is 2. The normalized spacial score (nSPS) is 16.4. The molecule has 0 spiro atoms. The van der Waals surface area contributed by atoms with Gasteiger partial charge in [0.2, 0.25) is 5.88 Å². The van der Waals surface area contributed by atoms with E-state index in [1.165, 1.54) is 72.9 Å². The van der Waals surface area contributed by atoms with Crippen molar-refractivity contribution < 1.29 is 8.83 Å². The molecule has 0 saturated heterocycles. The fraction of sp³-hybridized carbons (Fsp3) is 0.236. The van der Waals surface area contributed by atoms with Gasteiger partial charge in [0.05, 0.1) is 11.4 Å². The Labute approximate surface area is 352 Å². The van der Waals surface area contributed by atoms with Crippen LogP contribution in [0.5, 0.6) is 0 Å². The molecule has 0 fully saturated rings. The number of para-hydroxylation sites is 2. The molecule has 4 heterocycles.